The Kier molecular flexibility index (Phi) is 4.84. The van der Waals surface area contributed by atoms with E-state index in [4.69, 9.17) is 0 Å². The van der Waals surface area contributed by atoms with Gasteiger partial charge in [-0.05, 0) is 12.5 Å². The SMILES string of the molecule is C=CC(=O)C(CCC)N1CCNCC1. The smallest absolute Gasteiger partial charge is 0.172 e. The molecule has 1 rings (SSSR count). The normalized spacial score (nSPS) is 20.4. The van der Waals surface area contributed by atoms with Crippen LogP contribution in [0.1, 0.15) is 19.8 Å². The van der Waals surface area contributed by atoms with E-state index in [0.717, 1.165) is 39.0 Å². The van der Waals surface area contributed by atoms with Crippen LogP contribution in [0.3, 0.4) is 0 Å². The van der Waals surface area contributed by atoms with Gasteiger partial charge in [0.2, 0.25) is 0 Å². The van der Waals surface area contributed by atoms with Crippen LogP contribution < -0.4 is 5.32 Å². The Balaban J connectivity index is 2.55. The highest BCUT2D eigenvalue weighted by Gasteiger charge is 2.23. The minimum absolute atomic E-state index is 0.0691. The van der Waals surface area contributed by atoms with Crippen molar-refractivity contribution in [3.63, 3.8) is 0 Å². The standard InChI is InChI=1S/C11H20N2O/c1-3-5-10(11(14)4-2)13-8-6-12-7-9-13/h4,10,12H,2-3,5-9H2,1H3. The van der Waals surface area contributed by atoms with E-state index in [1.54, 1.807) is 0 Å². The minimum Gasteiger partial charge on any atom is -0.314 e. The number of ketones is 1. The lowest BCUT2D eigenvalue weighted by Gasteiger charge is -2.33. The fourth-order valence-corrected chi connectivity index (χ4v) is 1.91. The largest absolute Gasteiger partial charge is 0.314 e. The van der Waals surface area contributed by atoms with Crippen molar-refractivity contribution in [2.24, 2.45) is 0 Å². The predicted octanol–water partition coefficient (Wildman–Crippen LogP) is 0.815. The van der Waals surface area contributed by atoms with Gasteiger partial charge in [0.1, 0.15) is 0 Å². The molecule has 0 aromatic rings. The summed E-state index contributed by atoms with van der Waals surface area (Å²) in [6.45, 7) is 9.62. The second-order valence-electron chi connectivity index (χ2n) is 3.70. The topological polar surface area (TPSA) is 32.3 Å². The lowest BCUT2D eigenvalue weighted by molar-refractivity contribution is -0.120. The highest BCUT2D eigenvalue weighted by Crippen LogP contribution is 2.09. The van der Waals surface area contributed by atoms with Gasteiger partial charge in [-0.3, -0.25) is 9.69 Å². The molecule has 80 valence electrons. The molecule has 1 saturated heterocycles. The number of rotatable bonds is 5. The maximum Gasteiger partial charge on any atom is 0.172 e. The molecule has 0 saturated carbocycles. The number of carbonyl (C=O) groups is 1. The van der Waals surface area contributed by atoms with E-state index in [1.165, 1.54) is 6.08 Å². The van der Waals surface area contributed by atoms with Crippen molar-refractivity contribution in [1.82, 2.24) is 10.2 Å². The Morgan fingerprint density at radius 3 is 2.71 bits per heavy atom. The molecule has 1 heterocycles. The number of hydrogen-bond acceptors (Lipinski definition) is 3. The van der Waals surface area contributed by atoms with E-state index in [2.05, 4.69) is 23.7 Å². The van der Waals surface area contributed by atoms with Crippen LogP contribution in [0.4, 0.5) is 0 Å². The fourth-order valence-electron chi connectivity index (χ4n) is 1.91. The van der Waals surface area contributed by atoms with Gasteiger partial charge in [0.25, 0.3) is 0 Å². The van der Waals surface area contributed by atoms with Crippen molar-refractivity contribution in [3.8, 4) is 0 Å². The van der Waals surface area contributed by atoms with E-state index in [9.17, 15) is 4.79 Å². The number of carbonyl (C=O) groups excluding carboxylic acids is 1. The molecule has 0 aromatic carbocycles. The van der Waals surface area contributed by atoms with Gasteiger partial charge in [0.15, 0.2) is 5.78 Å². The van der Waals surface area contributed by atoms with Crippen LogP contribution in [-0.2, 0) is 4.79 Å². The Labute approximate surface area is 86.2 Å². The van der Waals surface area contributed by atoms with Crippen LogP contribution in [0.5, 0.6) is 0 Å². The maximum absolute atomic E-state index is 11.6. The molecule has 1 unspecified atom stereocenters. The Hall–Kier alpha value is -0.670. The Morgan fingerprint density at radius 2 is 2.21 bits per heavy atom. The average Bonchev–Trinajstić information content (AvgIpc) is 2.26. The maximum atomic E-state index is 11.6. The van der Waals surface area contributed by atoms with Crippen molar-refractivity contribution < 1.29 is 4.79 Å². The van der Waals surface area contributed by atoms with Crippen LogP contribution in [-0.4, -0.2) is 42.9 Å². The quantitative estimate of drug-likeness (QED) is 0.661. The van der Waals surface area contributed by atoms with Gasteiger partial charge in [-0.2, -0.15) is 0 Å². The highest BCUT2D eigenvalue weighted by atomic mass is 16.1. The lowest BCUT2D eigenvalue weighted by atomic mass is 10.0. The van der Waals surface area contributed by atoms with E-state index in [1.807, 2.05) is 0 Å². The minimum atomic E-state index is 0.0691. The summed E-state index contributed by atoms with van der Waals surface area (Å²) in [6, 6.07) is 0.0691. The van der Waals surface area contributed by atoms with Gasteiger partial charge in [0.05, 0.1) is 6.04 Å². The van der Waals surface area contributed by atoms with E-state index in [-0.39, 0.29) is 11.8 Å². The second kappa shape index (κ2) is 5.94. The highest BCUT2D eigenvalue weighted by molar-refractivity contribution is 5.93. The zero-order chi connectivity index (χ0) is 10.4. The summed E-state index contributed by atoms with van der Waals surface area (Å²) in [4.78, 5) is 13.9. The summed E-state index contributed by atoms with van der Waals surface area (Å²) in [5, 5.41) is 3.29. The van der Waals surface area contributed by atoms with Crippen molar-refractivity contribution in [3.05, 3.63) is 12.7 Å². The van der Waals surface area contributed by atoms with Crippen LogP contribution in [0.25, 0.3) is 0 Å². The first-order valence-electron chi connectivity index (χ1n) is 5.40. The third-order valence-corrected chi connectivity index (χ3v) is 2.68. The molecule has 3 heteroatoms. The van der Waals surface area contributed by atoms with Crippen molar-refractivity contribution in [1.29, 1.82) is 0 Å². The summed E-state index contributed by atoms with van der Waals surface area (Å²) >= 11 is 0. The van der Waals surface area contributed by atoms with Crippen molar-refractivity contribution in [2.45, 2.75) is 25.8 Å². The zero-order valence-electron chi connectivity index (χ0n) is 8.96. The zero-order valence-corrected chi connectivity index (χ0v) is 8.96. The van der Waals surface area contributed by atoms with Gasteiger partial charge < -0.3 is 5.32 Å². The molecule has 0 amide bonds. The first-order valence-corrected chi connectivity index (χ1v) is 5.40. The average molecular weight is 196 g/mol. The molecule has 1 aliphatic rings. The molecule has 0 radical (unpaired) electrons. The Morgan fingerprint density at radius 1 is 1.57 bits per heavy atom. The number of nitrogens with one attached hydrogen (secondary N) is 1. The van der Waals surface area contributed by atoms with Crippen molar-refractivity contribution >= 4 is 5.78 Å². The molecule has 0 aromatic heterocycles. The van der Waals surface area contributed by atoms with E-state index >= 15 is 0 Å². The Bertz CT molecular complexity index is 197. The van der Waals surface area contributed by atoms with Crippen molar-refractivity contribution in [2.75, 3.05) is 26.2 Å². The summed E-state index contributed by atoms with van der Waals surface area (Å²) in [7, 11) is 0. The van der Waals surface area contributed by atoms with Gasteiger partial charge in [-0.15, -0.1) is 0 Å². The van der Waals surface area contributed by atoms with Gasteiger partial charge in [-0.25, -0.2) is 0 Å². The van der Waals surface area contributed by atoms with E-state index < -0.39 is 0 Å². The molecule has 1 atom stereocenters. The monoisotopic (exact) mass is 196 g/mol. The first kappa shape index (κ1) is 11.4. The van der Waals surface area contributed by atoms with Gasteiger partial charge in [0, 0.05) is 26.2 Å². The molecule has 1 fully saturated rings. The summed E-state index contributed by atoms with van der Waals surface area (Å²) in [5.41, 5.74) is 0. The number of nitrogens with zero attached hydrogens (tertiary/aromatic N) is 1. The van der Waals surface area contributed by atoms with Crippen LogP contribution in [0, 0.1) is 0 Å². The van der Waals surface area contributed by atoms with Crippen LogP contribution in [0.15, 0.2) is 12.7 Å². The second-order valence-corrected chi connectivity index (χ2v) is 3.70. The summed E-state index contributed by atoms with van der Waals surface area (Å²) < 4.78 is 0. The van der Waals surface area contributed by atoms with Crippen LogP contribution in [0.2, 0.25) is 0 Å². The summed E-state index contributed by atoms with van der Waals surface area (Å²) in [6.07, 6.45) is 3.46. The van der Waals surface area contributed by atoms with Gasteiger partial charge >= 0.3 is 0 Å². The summed E-state index contributed by atoms with van der Waals surface area (Å²) in [5.74, 6) is 0.175. The predicted molar refractivity (Wildman–Crippen MR) is 58.3 cm³/mol. The molecule has 3 nitrogen and oxygen atoms in total. The molecule has 14 heavy (non-hydrogen) atoms. The number of piperazine rings is 1. The third-order valence-electron chi connectivity index (χ3n) is 2.68. The molecule has 0 bridgehead atoms. The fraction of sp³-hybridized carbons (Fsp3) is 0.727. The molecule has 1 N–H and O–H groups in total. The lowest BCUT2D eigenvalue weighted by Crippen LogP contribution is -2.50. The number of hydrogen-bond donors (Lipinski definition) is 1. The molecular formula is C11H20N2O. The molecule has 0 spiro atoms. The van der Waals surface area contributed by atoms with E-state index in [0.29, 0.717) is 0 Å². The third kappa shape index (κ3) is 2.93. The molecule has 1 aliphatic heterocycles. The molecule has 0 aliphatic carbocycles. The van der Waals surface area contributed by atoms with Crippen LogP contribution >= 0.6 is 0 Å². The first-order chi connectivity index (χ1) is 6.79. The van der Waals surface area contributed by atoms with Gasteiger partial charge in [-0.1, -0.05) is 19.9 Å². The molecular weight excluding hydrogens is 176 g/mol.